The minimum Gasteiger partial charge on any atom is -0.336 e. The van der Waals surface area contributed by atoms with Crippen LogP contribution in [0.25, 0.3) is 56.1 Å². The summed E-state index contributed by atoms with van der Waals surface area (Å²) in [6.45, 7) is 3.97. The van der Waals surface area contributed by atoms with Gasteiger partial charge >= 0.3 is 0 Å². The summed E-state index contributed by atoms with van der Waals surface area (Å²) in [5.74, 6) is 1.47. The lowest BCUT2D eigenvalue weighted by atomic mass is 10.1. The van der Waals surface area contributed by atoms with Crippen LogP contribution in [0.15, 0.2) is 67.1 Å². The molecule has 0 radical (unpaired) electrons. The molecule has 0 saturated heterocycles. The molecular formula is C31H30N8. The Hall–Kier alpha value is -4.43. The van der Waals surface area contributed by atoms with Crippen molar-refractivity contribution >= 4 is 22.1 Å². The Morgan fingerprint density at radius 1 is 0.897 bits per heavy atom. The second kappa shape index (κ2) is 10.0. The van der Waals surface area contributed by atoms with Gasteiger partial charge in [-0.1, -0.05) is 36.6 Å². The molecule has 1 fully saturated rings. The van der Waals surface area contributed by atoms with Gasteiger partial charge in [-0.05, 0) is 68.1 Å². The molecule has 8 nitrogen and oxygen atoms in total. The average Bonchev–Trinajstić information content (AvgIpc) is 3.72. The SMILES string of the molecule is Cc1cccc(-c2nccc3[nH]c(-c4n[nH]c5ccc(-c6cncc(CNCC7CCCC7)c6)nc45)nc23)c1. The van der Waals surface area contributed by atoms with Crippen molar-refractivity contribution in [1.82, 2.24) is 40.4 Å². The molecule has 0 spiro atoms. The Morgan fingerprint density at radius 2 is 1.79 bits per heavy atom. The molecular weight excluding hydrogens is 484 g/mol. The van der Waals surface area contributed by atoms with Gasteiger partial charge in [0.25, 0.3) is 0 Å². The molecule has 5 aromatic heterocycles. The highest BCUT2D eigenvalue weighted by Crippen LogP contribution is 2.31. The van der Waals surface area contributed by atoms with E-state index in [0.29, 0.717) is 11.5 Å². The van der Waals surface area contributed by atoms with E-state index < -0.39 is 0 Å². The Kier molecular flexibility index (Phi) is 6.09. The van der Waals surface area contributed by atoms with Crippen LogP contribution in [-0.2, 0) is 6.54 Å². The van der Waals surface area contributed by atoms with Crippen LogP contribution in [0.1, 0.15) is 36.8 Å². The van der Waals surface area contributed by atoms with E-state index >= 15 is 0 Å². The van der Waals surface area contributed by atoms with E-state index in [1.807, 2.05) is 42.9 Å². The number of H-pyrrole nitrogens is 2. The van der Waals surface area contributed by atoms with Gasteiger partial charge in [-0.3, -0.25) is 15.1 Å². The molecule has 0 amide bonds. The van der Waals surface area contributed by atoms with Crippen molar-refractivity contribution < 1.29 is 0 Å². The molecule has 0 atom stereocenters. The number of benzene rings is 1. The van der Waals surface area contributed by atoms with Crippen LogP contribution in [-0.4, -0.2) is 41.7 Å². The molecule has 0 bridgehead atoms. The first-order chi connectivity index (χ1) is 19.2. The fourth-order valence-corrected chi connectivity index (χ4v) is 5.64. The van der Waals surface area contributed by atoms with Crippen molar-refractivity contribution in [3.05, 3.63) is 78.2 Å². The number of hydrogen-bond acceptors (Lipinski definition) is 6. The second-order valence-corrected chi connectivity index (χ2v) is 10.5. The molecule has 1 aliphatic rings. The van der Waals surface area contributed by atoms with E-state index in [1.165, 1.54) is 31.2 Å². The molecule has 1 aromatic carbocycles. The van der Waals surface area contributed by atoms with Crippen LogP contribution in [0.3, 0.4) is 0 Å². The van der Waals surface area contributed by atoms with Gasteiger partial charge in [0, 0.05) is 36.3 Å². The fraction of sp³-hybridized carbons (Fsp3) is 0.258. The van der Waals surface area contributed by atoms with E-state index in [2.05, 4.69) is 61.7 Å². The highest BCUT2D eigenvalue weighted by atomic mass is 15.2. The van der Waals surface area contributed by atoms with E-state index in [4.69, 9.17) is 9.97 Å². The van der Waals surface area contributed by atoms with Gasteiger partial charge < -0.3 is 10.3 Å². The lowest BCUT2D eigenvalue weighted by Crippen LogP contribution is -2.20. The highest BCUT2D eigenvalue weighted by molar-refractivity contribution is 5.95. The van der Waals surface area contributed by atoms with Crippen molar-refractivity contribution in [2.75, 3.05) is 6.54 Å². The van der Waals surface area contributed by atoms with E-state index in [9.17, 15) is 0 Å². The Bertz CT molecular complexity index is 1780. The van der Waals surface area contributed by atoms with E-state index in [-0.39, 0.29) is 0 Å². The molecule has 39 heavy (non-hydrogen) atoms. The number of aryl methyl sites for hydroxylation is 1. The van der Waals surface area contributed by atoms with Gasteiger partial charge in [0.1, 0.15) is 11.0 Å². The maximum absolute atomic E-state index is 5.00. The fourth-order valence-electron chi connectivity index (χ4n) is 5.64. The quantitative estimate of drug-likeness (QED) is 0.234. The number of fused-ring (bicyclic) bond motifs is 2. The van der Waals surface area contributed by atoms with Crippen molar-refractivity contribution in [2.45, 2.75) is 39.2 Å². The Morgan fingerprint density at radius 3 is 2.69 bits per heavy atom. The van der Waals surface area contributed by atoms with Gasteiger partial charge in [-0.15, -0.1) is 0 Å². The van der Waals surface area contributed by atoms with Crippen LogP contribution in [0.2, 0.25) is 0 Å². The minimum atomic E-state index is 0.658. The molecule has 1 aliphatic carbocycles. The molecule has 1 saturated carbocycles. The van der Waals surface area contributed by atoms with Gasteiger partial charge in [0.15, 0.2) is 11.5 Å². The van der Waals surface area contributed by atoms with Crippen LogP contribution in [0, 0.1) is 12.8 Å². The molecule has 5 heterocycles. The summed E-state index contributed by atoms with van der Waals surface area (Å²) in [5.41, 5.74) is 10.1. The maximum Gasteiger partial charge on any atom is 0.161 e. The number of hydrogen-bond donors (Lipinski definition) is 3. The van der Waals surface area contributed by atoms with Gasteiger partial charge in [-0.2, -0.15) is 5.10 Å². The normalized spacial score (nSPS) is 14.1. The lowest BCUT2D eigenvalue weighted by molar-refractivity contribution is 0.489. The van der Waals surface area contributed by atoms with Gasteiger partial charge in [-0.25, -0.2) is 9.97 Å². The first kappa shape index (κ1) is 23.7. The van der Waals surface area contributed by atoms with Crippen molar-refractivity contribution in [1.29, 1.82) is 0 Å². The summed E-state index contributed by atoms with van der Waals surface area (Å²) in [5, 5.41) is 11.3. The maximum atomic E-state index is 5.00. The van der Waals surface area contributed by atoms with Crippen LogP contribution in [0.4, 0.5) is 0 Å². The first-order valence-corrected chi connectivity index (χ1v) is 13.6. The van der Waals surface area contributed by atoms with Crippen molar-refractivity contribution in [2.24, 2.45) is 5.92 Å². The third-order valence-corrected chi connectivity index (χ3v) is 7.65. The average molecular weight is 515 g/mol. The van der Waals surface area contributed by atoms with Crippen molar-refractivity contribution in [3.63, 3.8) is 0 Å². The number of aromatic nitrogens is 7. The zero-order valence-electron chi connectivity index (χ0n) is 21.9. The molecule has 6 aromatic rings. The Labute approximate surface area is 226 Å². The van der Waals surface area contributed by atoms with Crippen LogP contribution >= 0.6 is 0 Å². The highest BCUT2D eigenvalue weighted by Gasteiger charge is 2.18. The number of rotatable bonds is 7. The van der Waals surface area contributed by atoms with Crippen LogP contribution in [0.5, 0.6) is 0 Å². The predicted octanol–water partition coefficient (Wildman–Crippen LogP) is 6.21. The Balaban J connectivity index is 1.20. The second-order valence-electron chi connectivity index (χ2n) is 10.5. The number of nitrogens with one attached hydrogen (secondary N) is 3. The smallest absolute Gasteiger partial charge is 0.161 e. The number of imidazole rings is 1. The van der Waals surface area contributed by atoms with E-state index in [0.717, 1.165) is 69.2 Å². The standard InChI is InChI=1S/C31H30N8/c1-19-5-4-8-22(13-19)27-28-25(11-12-34-27)36-31(37-28)30-29-26(38-39-30)10-9-24(35-29)23-14-21(17-33-18-23)16-32-15-20-6-2-3-7-20/h4-5,8-14,17-18,20,32H,2-3,6-7,15-16H2,1H3,(H,36,37)(H,38,39). The summed E-state index contributed by atoms with van der Waals surface area (Å²) >= 11 is 0. The number of aromatic amines is 2. The topological polar surface area (TPSA) is 108 Å². The lowest BCUT2D eigenvalue weighted by Gasteiger charge is -2.11. The molecule has 0 unspecified atom stereocenters. The molecule has 194 valence electrons. The minimum absolute atomic E-state index is 0.658. The monoisotopic (exact) mass is 514 g/mol. The first-order valence-electron chi connectivity index (χ1n) is 13.6. The molecule has 8 heteroatoms. The van der Waals surface area contributed by atoms with Gasteiger partial charge in [0.2, 0.25) is 0 Å². The van der Waals surface area contributed by atoms with Gasteiger partial charge in [0.05, 0.1) is 22.4 Å². The molecule has 3 N–H and O–H groups in total. The summed E-state index contributed by atoms with van der Waals surface area (Å²) < 4.78 is 0. The van der Waals surface area contributed by atoms with Crippen LogP contribution < -0.4 is 5.32 Å². The zero-order chi connectivity index (χ0) is 26.2. The third-order valence-electron chi connectivity index (χ3n) is 7.65. The predicted molar refractivity (Wildman–Crippen MR) is 154 cm³/mol. The zero-order valence-corrected chi connectivity index (χ0v) is 21.9. The molecule has 0 aliphatic heterocycles. The summed E-state index contributed by atoms with van der Waals surface area (Å²) in [4.78, 5) is 22.5. The number of nitrogens with zero attached hydrogens (tertiary/aromatic N) is 5. The van der Waals surface area contributed by atoms with E-state index in [1.54, 1.807) is 0 Å². The largest absolute Gasteiger partial charge is 0.336 e. The van der Waals surface area contributed by atoms with Crippen molar-refractivity contribution in [3.8, 4) is 34.0 Å². The summed E-state index contributed by atoms with van der Waals surface area (Å²) in [6, 6.07) is 16.4. The third kappa shape index (κ3) is 4.68. The summed E-state index contributed by atoms with van der Waals surface area (Å²) in [7, 11) is 0. The summed E-state index contributed by atoms with van der Waals surface area (Å²) in [6.07, 6.45) is 11.0. The molecule has 7 rings (SSSR count). The number of pyridine rings is 3.